The summed E-state index contributed by atoms with van der Waals surface area (Å²) >= 11 is 0. The molecule has 1 amide bonds. The number of fused-ring (bicyclic) bond motifs is 2. The molecule has 2 N–H and O–H groups in total. The lowest BCUT2D eigenvalue weighted by atomic mass is 9.73. The molecule has 0 radical (unpaired) electrons. The summed E-state index contributed by atoms with van der Waals surface area (Å²) in [5, 5.41) is 15.7. The van der Waals surface area contributed by atoms with Crippen LogP contribution in [0.15, 0.2) is 42.6 Å². The van der Waals surface area contributed by atoms with Crippen molar-refractivity contribution >= 4 is 40.6 Å². The Kier molecular flexibility index (Phi) is 13.5. The molecule has 4 fully saturated rings. The second kappa shape index (κ2) is 17.8. The highest BCUT2D eigenvalue weighted by Crippen LogP contribution is 2.41. The zero-order valence-electron chi connectivity index (χ0n) is 35.5. The second-order valence-electron chi connectivity index (χ2n) is 17.8. The van der Waals surface area contributed by atoms with E-state index < -0.39 is 83.4 Å². The lowest BCUT2D eigenvalue weighted by molar-refractivity contribution is -0.297. The molecule has 0 bridgehead atoms. The van der Waals surface area contributed by atoms with Gasteiger partial charge in [-0.3, -0.25) is 19.4 Å². The highest BCUT2D eigenvalue weighted by molar-refractivity contribution is 6.00. The first-order valence-corrected chi connectivity index (χ1v) is 21.1. The number of nitrogens with zero attached hydrogens (tertiary/aromatic N) is 2. The maximum Gasteiger partial charge on any atom is 0.408 e. The first kappa shape index (κ1) is 43.8. The Morgan fingerprint density at radius 1 is 1.03 bits per heavy atom. The van der Waals surface area contributed by atoms with Crippen molar-refractivity contribution in [2.45, 2.75) is 141 Å². The van der Waals surface area contributed by atoms with Gasteiger partial charge in [-0.15, -0.1) is 0 Å². The maximum absolute atomic E-state index is 14.6. The Balaban J connectivity index is 1.37. The number of aliphatic hydroxyl groups is 1. The van der Waals surface area contributed by atoms with Crippen LogP contribution in [-0.2, 0) is 38.1 Å². The van der Waals surface area contributed by atoms with Gasteiger partial charge in [-0.2, -0.15) is 0 Å². The summed E-state index contributed by atoms with van der Waals surface area (Å²) in [5.41, 5.74) is -0.989. The lowest BCUT2D eigenvalue weighted by Gasteiger charge is -2.47. The molecule has 3 aliphatic heterocycles. The molecule has 0 spiro atoms. The molecule has 1 aromatic carbocycles. The fraction of sp³-hybridized carbons (Fsp3) is 0.667. The summed E-state index contributed by atoms with van der Waals surface area (Å²) < 4.78 is 31.7. The number of cyclic esters (lactones) is 1. The number of Topliss-reactive ketones (excluding diaryl/α,β-unsaturated/α-hetero) is 2. The third-order valence-corrected chi connectivity index (χ3v) is 13.0. The molecule has 4 heterocycles. The van der Waals surface area contributed by atoms with E-state index in [-0.39, 0.29) is 37.4 Å². The van der Waals surface area contributed by atoms with Gasteiger partial charge in [0.2, 0.25) is 0 Å². The number of carbonyl (C=O) groups excluding carboxylic acids is 4. The van der Waals surface area contributed by atoms with Gasteiger partial charge < -0.3 is 39.0 Å². The lowest BCUT2D eigenvalue weighted by Crippen LogP contribution is -2.60. The van der Waals surface area contributed by atoms with Crippen molar-refractivity contribution in [1.82, 2.24) is 15.2 Å². The number of benzene rings is 1. The van der Waals surface area contributed by atoms with Gasteiger partial charge in [0.25, 0.3) is 0 Å². The van der Waals surface area contributed by atoms with Crippen LogP contribution in [0.1, 0.15) is 93.1 Å². The average molecular weight is 806 g/mol. The Morgan fingerprint density at radius 2 is 1.76 bits per heavy atom. The smallest absolute Gasteiger partial charge is 0.408 e. The molecule has 3 saturated heterocycles. The van der Waals surface area contributed by atoms with Crippen LogP contribution in [0.5, 0.6) is 0 Å². The highest BCUT2D eigenvalue weighted by Gasteiger charge is 2.57. The maximum atomic E-state index is 14.6. The number of pyridine rings is 1. The van der Waals surface area contributed by atoms with Crippen LogP contribution in [0.2, 0.25) is 0 Å². The van der Waals surface area contributed by atoms with Gasteiger partial charge in [0, 0.05) is 41.9 Å². The third kappa shape index (κ3) is 9.33. The Hall–Kier alpha value is -3.75. The van der Waals surface area contributed by atoms with E-state index in [1.807, 2.05) is 63.4 Å². The van der Waals surface area contributed by atoms with Crippen molar-refractivity contribution in [2.24, 2.45) is 29.6 Å². The number of para-hydroxylation sites is 1. The average Bonchev–Trinajstić information content (AvgIpc) is 3.96. The summed E-state index contributed by atoms with van der Waals surface area (Å²) in [7, 11) is 2.01. The minimum atomic E-state index is -1.38. The quantitative estimate of drug-likeness (QED) is 0.217. The van der Waals surface area contributed by atoms with Crippen LogP contribution in [0, 0.1) is 29.6 Å². The number of alkyl carbamates (subject to hydrolysis) is 1. The Labute approximate surface area is 342 Å². The van der Waals surface area contributed by atoms with Crippen molar-refractivity contribution in [1.29, 1.82) is 0 Å². The predicted octanol–water partition coefficient (Wildman–Crippen LogP) is 5.89. The predicted molar refractivity (Wildman–Crippen MR) is 217 cm³/mol. The number of rotatable bonds is 10. The van der Waals surface area contributed by atoms with E-state index in [2.05, 4.69) is 15.2 Å². The molecular formula is C45H63N3O10. The Morgan fingerprint density at radius 3 is 2.47 bits per heavy atom. The standard InChI is InChI=1S/C45H63N3O10/c1-10-35-45(8)39(47-43(53)58-45)27(4)36(49)25(2)22-44(7,54-19-13-14-31-21-32-15-11-12-16-33(32)46-23-31)40(28(5)37(50)29(6)41(52)56-35)57-42-38(51)34(20-26(3)55-42)48(9)24-30-17-18-30/h11-16,21,23,25-30,34-35,38-40,42,51H,10,17-20,22,24H2,1-9H3,(H,47,53)/b14-13+/t25-,26-,27+,28+,29-,34+,35-,38-,39-,40-,42?,44+,45-/m1/s1. The van der Waals surface area contributed by atoms with E-state index in [1.54, 1.807) is 40.8 Å². The van der Waals surface area contributed by atoms with Crippen LogP contribution >= 0.6 is 0 Å². The van der Waals surface area contributed by atoms with Gasteiger partial charge in [-0.25, -0.2) is 4.79 Å². The fourth-order valence-corrected chi connectivity index (χ4v) is 9.50. The monoisotopic (exact) mass is 805 g/mol. The third-order valence-electron chi connectivity index (χ3n) is 13.0. The zero-order valence-corrected chi connectivity index (χ0v) is 35.5. The van der Waals surface area contributed by atoms with E-state index in [4.69, 9.17) is 23.7 Å². The number of likely N-dealkylation sites (N-methyl/N-ethyl adjacent to an activating group) is 1. The fourth-order valence-electron chi connectivity index (χ4n) is 9.50. The van der Waals surface area contributed by atoms with Crippen molar-refractivity contribution in [3.63, 3.8) is 0 Å². The van der Waals surface area contributed by atoms with Crippen LogP contribution in [0.3, 0.4) is 0 Å². The molecule has 6 rings (SSSR count). The zero-order chi connectivity index (χ0) is 42.1. The molecule has 1 saturated carbocycles. The van der Waals surface area contributed by atoms with Gasteiger partial charge >= 0.3 is 12.1 Å². The normalized spacial score (nSPS) is 38.0. The minimum absolute atomic E-state index is 0.0676. The van der Waals surface area contributed by atoms with E-state index in [9.17, 15) is 24.3 Å². The van der Waals surface area contributed by atoms with Gasteiger partial charge in [0.1, 0.15) is 23.9 Å². The molecule has 13 nitrogen and oxygen atoms in total. The number of esters is 1. The van der Waals surface area contributed by atoms with Crippen molar-refractivity contribution in [3.8, 4) is 0 Å². The molecule has 1 unspecified atom stereocenters. The van der Waals surface area contributed by atoms with Gasteiger partial charge in [0.15, 0.2) is 17.7 Å². The molecule has 13 atom stereocenters. The highest BCUT2D eigenvalue weighted by atomic mass is 16.7. The van der Waals surface area contributed by atoms with Crippen LogP contribution < -0.4 is 5.32 Å². The summed E-state index contributed by atoms with van der Waals surface area (Å²) in [4.78, 5) is 62.5. The number of ketones is 2. The molecule has 1 aliphatic carbocycles. The van der Waals surface area contributed by atoms with Gasteiger partial charge in [-0.1, -0.05) is 58.0 Å². The largest absolute Gasteiger partial charge is 0.458 e. The number of hydrogen-bond acceptors (Lipinski definition) is 12. The topological polar surface area (TPSA) is 163 Å². The van der Waals surface area contributed by atoms with Crippen LogP contribution in [-0.4, -0.2) is 113 Å². The summed E-state index contributed by atoms with van der Waals surface area (Å²) in [6, 6.07) is 8.78. The minimum Gasteiger partial charge on any atom is -0.458 e. The number of nitrogens with one attached hydrogen (secondary N) is 1. The van der Waals surface area contributed by atoms with Gasteiger partial charge in [0.05, 0.1) is 36.0 Å². The molecule has 2 aromatic rings. The molecular weight excluding hydrogens is 743 g/mol. The number of carbonyl (C=O) groups is 4. The summed E-state index contributed by atoms with van der Waals surface area (Å²) in [6.45, 7) is 14.8. The molecule has 13 heteroatoms. The summed E-state index contributed by atoms with van der Waals surface area (Å²) in [6.07, 6.45) is 3.59. The summed E-state index contributed by atoms with van der Waals surface area (Å²) in [5.74, 6) is -4.48. The number of aromatic nitrogens is 1. The number of hydrogen-bond donors (Lipinski definition) is 2. The molecule has 318 valence electrons. The van der Waals surface area contributed by atoms with E-state index in [0.29, 0.717) is 12.3 Å². The van der Waals surface area contributed by atoms with Crippen LogP contribution in [0.4, 0.5) is 4.79 Å². The Bertz CT molecular complexity index is 1850. The SMILES string of the molecule is CC[C@H]1OC(=O)[C@H](C)C(=O)[C@H](C)[C@@H](OC2O[C@H](C)C[C@H](N(C)CC3CC3)[C@H]2O)[C@@](C)(OC/C=C/c2cnc3ccccc3c2)C[C@@H](C)C(=O)[C@H](C)[C@H]2NC(=O)O[C@@]21C. The number of aliphatic hydroxyl groups excluding tert-OH is 1. The second-order valence-corrected chi connectivity index (χ2v) is 17.8. The van der Waals surface area contributed by atoms with Crippen molar-refractivity contribution < 1.29 is 48.0 Å². The molecule has 58 heavy (non-hydrogen) atoms. The number of ether oxygens (including phenoxy) is 5. The van der Waals surface area contributed by atoms with E-state index in [0.717, 1.165) is 35.9 Å². The van der Waals surface area contributed by atoms with Crippen molar-refractivity contribution in [2.75, 3.05) is 20.2 Å². The van der Waals surface area contributed by atoms with Crippen molar-refractivity contribution in [3.05, 3.63) is 48.2 Å². The van der Waals surface area contributed by atoms with Crippen LogP contribution in [0.25, 0.3) is 17.0 Å². The first-order chi connectivity index (χ1) is 27.4. The molecule has 1 aromatic heterocycles. The van der Waals surface area contributed by atoms with E-state index >= 15 is 0 Å². The number of amides is 1. The molecule has 4 aliphatic rings. The van der Waals surface area contributed by atoms with E-state index in [1.165, 1.54) is 6.92 Å². The van der Waals surface area contributed by atoms with Gasteiger partial charge in [-0.05, 0) is 90.5 Å². The first-order valence-electron chi connectivity index (χ1n) is 21.1.